The van der Waals surface area contributed by atoms with Gasteiger partial charge in [-0.15, -0.1) is 0 Å². The van der Waals surface area contributed by atoms with E-state index in [9.17, 15) is 19.5 Å². The summed E-state index contributed by atoms with van der Waals surface area (Å²) in [5.41, 5.74) is 0.207. The van der Waals surface area contributed by atoms with Gasteiger partial charge < -0.3 is 19.4 Å². The van der Waals surface area contributed by atoms with E-state index < -0.39 is 17.9 Å². The highest BCUT2D eigenvalue weighted by Crippen LogP contribution is 2.30. The van der Waals surface area contributed by atoms with E-state index in [1.165, 1.54) is 37.3 Å². The molecule has 26 heavy (non-hydrogen) atoms. The summed E-state index contributed by atoms with van der Waals surface area (Å²) < 4.78 is 11.5. The van der Waals surface area contributed by atoms with Crippen molar-refractivity contribution in [3.05, 3.63) is 66.8 Å². The summed E-state index contributed by atoms with van der Waals surface area (Å²) in [5.74, 6) is -2.56. The van der Waals surface area contributed by atoms with Gasteiger partial charge in [-0.3, -0.25) is 0 Å². The Bertz CT molecular complexity index is 897. The van der Waals surface area contributed by atoms with Crippen LogP contribution in [0.4, 0.5) is 0 Å². The summed E-state index contributed by atoms with van der Waals surface area (Å²) in [5, 5.41) is 11.1. The Hall–Kier alpha value is -1.95. The molecule has 0 aliphatic rings. The second kappa shape index (κ2) is 8.62. The van der Waals surface area contributed by atoms with Crippen LogP contribution in [0.1, 0.15) is 27.6 Å². The third-order valence-corrected chi connectivity index (χ3v) is 4.69. The van der Waals surface area contributed by atoms with Gasteiger partial charge in [-0.25, -0.2) is 9.59 Å². The van der Waals surface area contributed by atoms with E-state index in [0.717, 1.165) is 0 Å². The highest BCUT2D eigenvalue weighted by atomic mass is 127. The molecule has 2 aromatic rings. The minimum Gasteiger partial charge on any atom is -0.545 e. The van der Waals surface area contributed by atoms with Gasteiger partial charge in [0.15, 0.2) is 5.75 Å². The highest BCUT2D eigenvalue weighted by Gasteiger charge is 2.18. The summed E-state index contributed by atoms with van der Waals surface area (Å²) in [7, 11) is 0. The van der Waals surface area contributed by atoms with Crippen LogP contribution in [-0.4, -0.2) is 17.9 Å². The molecule has 0 unspecified atom stereocenters. The number of aromatic carboxylic acids is 1. The zero-order valence-electron chi connectivity index (χ0n) is 13.4. The van der Waals surface area contributed by atoms with Crippen LogP contribution in [0.2, 0.25) is 0 Å². The molecule has 0 bridgehead atoms. The second-order valence-corrected chi connectivity index (χ2v) is 7.44. The summed E-state index contributed by atoms with van der Waals surface area (Å²) in [6, 6.07) is 8.65. The van der Waals surface area contributed by atoms with Gasteiger partial charge in [-0.1, -0.05) is 18.7 Å². The normalized spacial score (nSPS) is 10.1. The number of carbonyl (C=O) groups excluding carboxylic acids is 3. The molecule has 8 heteroatoms. The van der Waals surface area contributed by atoms with Crippen molar-refractivity contribution in [2.45, 2.75) is 6.92 Å². The first-order valence-electron chi connectivity index (χ1n) is 7.10. The SMILES string of the molecule is C=C(C)C(=O)Oc1c(I)cc(C(=O)Oc2ccccc2C(=O)[O-])cc1I. The molecule has 2 rings (SSSR count). The van der Waals surface area contributed by atoms with Crippen LogP contribution >= 0.6 is 45.2 Å². The van der Waals surface area contributed by atoms with E-state index in [1.807, 2.05) is 45.2 Å². The van der Waals surface area contributed by atoms with Crippen molar-refractivity contribution in [3.63, 3.8) is 0 Å². The number of halogens is 2. The fraction of sp³-hybridized carbons (Fsp3) is 0.0556. The lowest BCUT2D eigenvalue weighted by Gasteiger charge is -2.12. The van der Waals surface area contributed by atoms with Gasteiger partial charge in [-0.2, -0.15) is 0 Å². The molecule has 6 nitrogen and oxygen atoms in total. The Labute approximate surface area is 176 Å². The lowest BCUT2D eigenvalue weighted by molar-refractivity contribution is -0.255. The summed E-state index contributed by atoms with van der Waals surface area (Å²) in [6.45, 7) is 5.05. The van der Waals surface area contributed by atoms with Crippen molar-refractivity contribution in [2.24, 2.45) is 0 Å². The Kier molecular flexibility index (Phi) is 6.75. The molecule has 0 saturated carbocycles. The monoisotopic (exact) mass is 577 g/mol. The zero-order chi connectivity index (χ0) is 19.4. The van der Waals surface area contributed by atoms with Crippen molar-refractivity contribution in [1.29, 1.82) is 0 Å². The lowest BCUT2D eigenvalue weighted by atomic mass is 10.2. The minimum atomic E-state index is -1.44. The van der Waals surface area contributed by atoms with Gasteiger partial charge in [-0.05, 0) is 76.4 Å². The van der Waals surface area contributed by atoms with Crippen LogP contribution in [0.25, 0.3) is 0 Å². The van der Waals surface area contributed by atoms with Gasteiger partial charge in [0.25, 0.3) is 0 Å². The Morgan fingerprint density at radius 3 is 2.15 bits per heavy atom. The van der Waals surface area contributed by atoms with Crippen LogP contribution in [0, 0.1) is 7.14 Å². The molecule has 134 valence electrons. The zero-order valence-corrected chi connectivity index (χ0v) is 17.7. The minimum absolute atomic E-state index is 0.111. The number of ether oxygens (including phenoxy) is 2. The average Bonchev–Trinajstić information content (AvgIpc) is 2.57. The summed E-state index contributed by atoms with van der Waals surface area (Å²) >= 11 is 3.85. The molecule has 0 spiro atoms. The molecule has 0 radical (unpaired) electrons. The average molecular weight is 577 g/mol. The number of hydrogen-bond acceptors (Lipinski definition) is 6. The molecule has 0 aromatic heterocycles. The third-order valence-electron chi connectivity index (χ3n) is 3.09. The predicted octanol–water partition coefficient (Wildman–Crippen LogP) is 2.96. The standard InChI is InChI=1S/C18H12I2O6/c1-9(2)17(23)26-15-12(19)7-10(8-13(15)20)18(24)25-14-6-4-3-5-11(14)16(21)22/h3-8H,1H2,2H3,(H,21,22)/p-1. The fourth-order valence-electron chi connectivity index (χ4n) is 1.84. The van der Waals surface area contributed by atoms with Crippen LogP contribution in [0.15, 0.2) is 48.6 Å². The van der Waals surface area contributed by atoms with Gasteiger partial charge in [0, 0.05) is 11.1 Å². The van der Waals surface area contributed by atoms with E-state index in [1.54, 1.807) is 6.07 Å². The Morgan fingerprint density at radius 1 is 1.04 bits per heavy atom. The van der Waals surface area contributed by atoms with Crippen molar-refractivity contribution in [2.75, 3.05) is 0 Å². The van der Waals surface area contributed by atoms with Crippen molar-refractivity contribution < 1.29 is 29.0 Å². The third kappa shape index (κ3) is 4.81. The maximum absolute atomic E-state index is 12.4. The number of carbonyl (C=O) groups is 3. The van der Waals surface area contributed by atoms with Crippen molar-refractivity contribution >= 4 is 63.1 Å². The van der Waals surface area contributed by atoms with E-state index >= 15 is 0 Å². The molecule has 0 aliphatic carbocycles. The molecule has 2 aromatic carbocycles. The van der Waals surface area contributed by atoms with Gasteiger partial charge in [0.1, 0.15) is 5.75 Å². The maximum Gasteiger partial charge on any atom is 0.343 e. The first kappa shape index (κ1) is 20.4. The van der Waals surface area contributed by atoms with Gasteiger partial charge in [0.2, 0.25) is 0 Å². The summed E-state index contributed by atoms with van der Waals surface area (Å²) in [4.78, 5) is 35.2. The second-order valence-electron chi connectivity index (χ2n) is 5.11. The number of hydrogen-bond donors (Lipinski definition) is 0. The van der Waals surface area contributed by atoms with E-state index in [0.29, 0.717) is 12.9 Å². The molecular weight excluding hydrogens is 566 g/mol. The molecule has 0 heterocycles. The van der Waals surface area contributed by atoms with E-state index in [4.69, 9.17) is 9.47 Å². The number of rotatable bonds is 5. The quantitative estimate of drug-likeness (QED) is 0.235. The predicted molar refractivity (Wildman–Crippen MR) is 108 cm³/mol. The molecule has 0 fully saturated rings. The molecule has 0 aliphatic heterocycles. The Morgan fingerprint density at radius 2 is 1.62 bits per heavy atom. The van der Waals surface area contributed by atoms with E-state index in [-0.39, 0.29) is 22.4 Å². The highest BCUT2D eigenvalue weighted by molar-refractivity contribution is 14.1. The van der Waals surface area contributed by atoms with Crippen molar-refractivity contribution in [1.82, 2.24) is 0 Å². The Balaban J connectivity index is 2.30. The van der Waals surface area contributed by atoms with Crippen LogP contribution in [0.5, 0.6) is 11.5 Å². The number of para-hydroxylation sites is 1. The maximum atomic E-state index is 12.4. The van der Waals surface area contributed by atoms with E-state index in [2.05, 4.69) is 6.58 Å². The van der Waals surface area contributed by atoms with Crippen LogP contribution in [0.3, 0.4) is 0 Å². The fourth-order valence-corrected chi connectivity index (χ4v) is 3.83. The largest absolute Gasteiger partial charge is 0.545 e. The first-order chi connectivity index (χ1) is 12.2. The number of benzene rings is 2. The molecule has 0 amide bonds. The molecule has 0 N–H and O–H groups in total. The molecule has 0 atom stereocenters. The number of carboxylic acids is 1. The molecule has 0 saturated heterocycles. The van der Waals surface area contributed by atoms with Crippen LogP contribution < -0.4 is 14.6 Å². The van der Waals surface area contributed by atoms with Crippen molar-refractivity contribution in [3.8, 4) is 11.5 Å². The van der Waals surface area contributed by atoms with Crippen LogP contribution in [-0.2, 0) is 4.79 Å². The van der Waals surface area contributed by atoms with Gasteiger partial charge in [0.05, 0.1) is 18.7 Å². The summed E-state index contributed by atoms with van der Waals surface area (Å²) in [6.07, 6.45) is 0. The number of carboxylic acid groups (broad SMARTS) is 1. The number of esters is 2. The topological polar surface area (TPSA) is 92.7 Å². The van der Waals surface area contributed by atoms with Gasteiger partial charge >= 0.3 is 11.9 Å². The lowest BCUT2D eigenvalue weighted by Crippen LogP contribution is -2.23. The smallest absolute Gasteiger partial charge is 0.343 e. The first-order valence-corrected chi connectivity index (χ1v) is 9.25. The molecular formula is C18H11I2O6-.